The van der Waals surface area contributed by atoms with Gasteiger partial charge in [0, 0.05) is 16.1 Å². The van der Waals surface area contributed by atoms with Crippen molar-refractivity contribution < 1.29 is 18.8 Å². The molecule has 0 bridgehead atoms. The van der Waals surface area contributed by atoms with E-state index in [1.807, 2.05) is 30.3 Å². The number of ether oxygens (including phenoxy) is 1. The van der Waals surface area contributed by atoms with Crippen LogP contribution >= 0.6 is 11.6 Å². The number of fused-ring (bicyclic) bond motifs is 1. The van der Waals surface area contributed by atoms with Gasteiger partial charge in [0.15, 0.2) is 11.9 Å². The van der Waals surface area contributed by atoms with Crippen LogP contribution in [-0.2, 0) is 4.74 Å². The first-order valence-electron chi connectivity index (χ1n) is 8.98. The third kappa shape index (κ3) is 3.91. The standard InChI is InChI=1S/C23H16ClNO4/c1-14(21(26)15-7-10-18(24)11-8-15)28-23(27)17-9-12-20-19(13-17)22(29-25-20)16-5-3-2-4-6-16/h2-14H,1H3/t14-/m1/s1. The highest BCUT2D eigenvalue weighted by atomic mass is 35.5. The normalized spacial score (nSPS) is 11.9. The SMILES string of the molecule is C[C@@H](OC(=O)c1ccc2noc(-c3ccccc3)c2c1)C(=O)c1ccc(Cl)cc1. The Balaban J connectivity index is 1.57. The highest BCUT2D eigenvalue weighted by molar-refractivity contribution is 6.30. The Morgan fingerprint density at radius 1 is 0.966 bits per heavy atom. The van der Waals surface area contributed by atoms with Gasteiger partial charge in [-0.15, -0.1) is 0 Å². The van der Waals surface area contributed by atoms with Crippen molar-refractivity contribution in [3.63, 3.8) is 0 Å². The monoisotopic (exact) mass is 405 g/mol. The molecule has 0 aliphatic rings. The van der Waals surface area contributed by atoms with Gasteiger partial charge in [-0.2, -0.15) is 0 Å². The molecule has 0 unspecified atom stereocenters. The number of nitrogens with zero attached hydrogens (tertiary/aromatic N) is 1. The van der Waals surface area contributed by atoms with E-state index in [9.17, 15) is 9.59 Å². The van der Waals surface area contributed by atoms with E-state index in [4.69, 9.17) is 20.9 Å². The predicted molar refractivity (Wildman–Crippen MR) is 110 cm³/mol. The molecule has 0 N–H and O–H groups in total. The zero-order valence-corrected chi connectivity index (χ0v) is 16.2. The molecule has 0 saturated heterocycles. The zero-order chi connectivity index (χ0) is 20.4. The Morgan fingerprint density at radius 2 is 1.66 bits per heavy atom. The molecule has 1 heterocycles. The van der Waals surface area contributed by atoms with Crippen LogP contribution in [0.5, 0.6) is 0 Å². The fourth-order valence-electron chi connectivity index (χ4n) is 3.00. The van der Waals surface area contributed by atoms with Gasteiger partial charge in [-0.25, -0.2) is 4.79 Å². The average Bonchev–Trinajstić information content (AvgIpc) is 3.17. The molecule has 0 spiro atoms. The summed E-state index contributed by atoms with van der Waals surface area (Å²) in [5, 5.41) is 5.27. The summed E-state index contributed by atoms with van der Waals surface area (Å²) in [7, 11) is 0. The molecule has 29 heavy (non-hydrogen) atoms. The van der Waals surface area contributed by atoms with Crippen LogP contribution < -0.4 is 0 Å². The lowest BCUT2D eigenvalue weighted by molar-refractivity contribution is 0.0319. The molecule has 0 saturated carbocycles. The Morgan fingerprint density at radius 3 is 2.38 bits per heavy atom. The molecule has 4 aromatic rings. The van der Waals surface area contributed by atoms with Crippen molar-refractivity contribution in [3.8, 4) is 11.3 Å². The lowest BCUT2D eigenvalue weighted by Gasteiger charge is -2.12. The molecule has 1 aromatic heterocycles. The Hall–Kier alpha value is -3.44. The molecule has 5 nitrogen and oxygen atoms in total. The maximum absolute atomic E-state index is 12.6. The summed E-state index contributed by atoms with van der Waals surface area (Å²) in [5.41, 5.74) is 2.22. The minimum atomic E-state index is -0.935. The van der Waals surface area contributed by atoms with Crippen LogP contribution in [0.4, 0.5) is 0 Å². The lowest BCUT2D eigenvalue weighted by atomic mass is 10.1. The number of hydrogen-bond acceptors (Lipinski definition) is 5. The number of rotatable bonds is 5. The number of Topliss-reactive ketones (excluding diaryl/α,β-unsaturated/α-hetero) is 1. The van der Waals surface area contributed by atoms with Gasteiger partial charge in [0.2, 0.25) is 5.78 Å². The third-order valence-corrected chi connectivity index (χ3v) is 4.78. The van der Waals surface area contributed by atoms with Crippen LogP contribution in [0.25, 0.3) is 22.2 Å². The zero-order valence-electron chi connectivity index (χ0n) is 15.5. The van der Waals surface area contributed by atoms with E-state index in [2.05, 4.69) is 5.16 Å². The van der Waals surface area contributed by atoms with Gasteiger partial charge in [-0.3, -0.25) is 4.79 Å². The molecule has 0 aliphatic heterocycles. The lowest BCUT2D eigenvalue weighted by Crippen LogP contribution is -2.24. The summed E-state index contributed by atoms with van der Waals surface area (Å²) in [6.07, 6.45) is -0.935. The smallest absolute Gasteiger partial charge is 0.338 e. The van der Waals surface area contributed by atoms with E-state index in [1.165, 1.54) is 0 Å². The quantitative estimate of drug-likeness (QED) is 0.320. The first-order chi connectivity index (χ1) is 14.0. The number of esters is 1. The highest BCUT2D eigenvalue weighted by Gasteiger charge is 2.21. The summed E-state index contributed by atoms with van der Waals surface area (Å²) in [6, 6.07) is 20.9. The van der Waals surface area contributed by atoms with E-state index >= 15 is 0 Å². The second kappa shape index (κ2) is 7.89. The molecule has 0 amide bonds. The Labute approximate surface area is 171 Å². The van der Waals surface area contributed by atoms with Crippen molar-refractivity contribution in [1.82, 2.24) is 5.16 Å². The number of aromatic nitrogens is 1. The van der Waals surface area contributed by atoms with Crippen molar-refractivity contribution in [2.24, 2.45) is 0 Å². The fourth-order valence-corrected chi connectivity index (χ4v) is 3.12. The van der Waals surface area contributed by atoms with Crippen LogP contribution in [0, 0.1) is 0 Å². The first kappa shape index (κ1) is 18.9. The molecule has 0 fully saturated rings. The fraction of sp³-hybridized carbons (Fsp3) is 0.0870. The molecule has 144 valence electrons. The topological polar surface area (TPSA) is 69.4 Å². The molecule has 3 aromatic carbocycles. The average molecular weight is 406 g/mol. The number of carbonyl (C=O) groups is 2. The summed E-state index contributed by atoms with van der Waals surface area (Å²) in [4.78, 5) is 25.1. The predicted octanol–water partition coefficient (Wildman–Crippen LogP) is 5.58. The first-order valence-corrected chi connectivity index (χ1v) is 9.36. The van der Waals surface area contributed by atoms with Gasteiger partial charge in [0.05, 0.1) is 10.9 Å². The summed E-state index contributed by atoms with van der Waals surface area (Å²) >= 11 is 5.85. The number of benzene rings is 3. The van der Waals surface area contributed by atoms with E-state index in [-0.39, 0.29) is 5.78 Å². The van der Waals surface area contributed by atoms with Gasteiger partial charge in [-0.1, -0.05) is 47.1 Å². The molecule has 0 aliphatic carbocycles. The summed E-state index contributed by atoms with van der Waals surface area (Å²) < 4.78 is 10.8. The minimum absolute atomic E-state index is 0.300. The van der Waals surface area contributed by atoms with Gasteiger partial charge in [0.25, 0.3) is 0 Å². The van der Waals surface area contributed by atoms with Crippen molar-refractivity contribution in [3.05, 3.63) is 88.9 Å². The van der Waals surface area contributed by atoms with Gasteiger partial charge in [0.1, 0.15) is 5.52 Å². The number of ketones is 1. The van der Waals surface area contributed by atoms with Crippen LogP contribution in [0.15, 0.2) is 77.3 Å². The maximum atomic E-state index is 12.6. The minimum Gasteiger partial charge on any atom is -0.451 e. The van der Waals surface area contributed by atoms with Crippen molar-refractivity contribution in [2.75, 3.05) is 0 Å². The Bertz CT molecular complexity index is 1180. The number of carbonyl (C=O) groups excluding carboxylic acids is 2. The highest BCUT2D eigenvalue weighted by Crippen LogP contribution is 2.29. The molecule has 6 heteroatoms. The Kier molecular flexibility index (Phi) is 5.14. The molecule has 4 rings (SSSR count). The van der Waals surface area contributed by atoms with Crippen molar-refractivity contribution >= 4 is 34.3 Å². The molecular formula is C23H16ClNO4. The van der Waals surface area contributed by atoms with Gasteiger partial charge < -0.3 is 9.26 Å². The van der Waals surface area contributed by atoms with E-state index < -0.39 is 12.1 Å². The van der Waals surface area contributed by atoms with Crippen LogP contribution in [0.1, 0.15) is 27.6 Å². The number of halogens is 1. The largest absolute Gasteiger partial charge is 0.451 e. The summed E-state index contributed by atoms with van der Waals surface area (Å²) in [6.45, 7) is 1.54. The van der Waals surface area contributed by atoms with E-state index in [0.717, 1.165) is 5.56 Å². The van der Waals surface area contributed by atoms with E-state index in [1.54, 1.807) is 49.4 Å². The molecule has 0 radical (unpaired) electrons. The van der Waals surface area contributed by atoms with Crippen LogP contribution in [-0.4, -0.2) is 23.0 Å². The van der Waals surface area contributed by atoms with Crippen molar-refractivity contribution in [2.45, 2.75) is 13.0 Å². The molecular weight excluding hydrogens is 390 g/mol. The van der Waals surface area contributed by atoms with E-state index in [0.29, 0.717) is 32.8 Å². The van der Waals surface area contributed by atoms with Crippen LogP contribution in [0.3, 0.4) is 0 Å². The maximum Gasteiger partial charge on any atom is 0.338 e. The number of hydrogen-bond donors (Lipinski definition) is 0. The van der Waals surface area contributed by atoms with Crippen molar-refractivity contribution in [1.29, 1.82) is 0 Å². The van der Waals surface area contributed by atoms with Crippen LogP contribution in [0.2, 0.25) is 5.02 Å². The second-order valence-corrected chi connectivity index (χ2v) is 6.96. The second-order valence-electron chi connectivity index (χ2n) is 6.53. The summed E-state index contributed by atoms with van der Waals surface area (Å²) in [5.74, 6) is -0.325. The van der Waals surface area contributed by atoms with Gasteiger partial charge in [-0.05, 0) is 49.4 Å². The molecule has 1 atom stereocenters. The third-order valence-electron chi connectivity index (χ3n) is 4.53. The van der Waals surface area contributed by atoms with Gasteiger partial charge >= 0.3 is 5.97 Å².